The van der Waals surface area contributed by atoms with Crippen molar-refractivity contribution in [2.75, 3.05) is 13.1 Å². The van der Waals surface area contributed by atoms with Gasteiger partial charge in [-0.05, 0) is 69.2 Å². The van der Waals surface area contributed by atoms with Crippen LogP contribution in [-0.4, -0.2) is 25.0 Å². The highest BCUT2D eigenvalue weighted by atomic mass is 16.1. The molecule has 0 aromatic rings. The van der Waals surface area contributed by atoms with E-state index in [2.05, 4.69) is 17.6 Å². The van der Waals surface area contributed by atoms with E-state index in [1.54, 1.807) is 0 Å². The monoisotopic (exact) mass is 264 g/mol. The third kappa shape index (κ3) is 3.31. The number of carbonyl (C=O) groups is 1. The normalized spacial score (nSPS) is 41.4. The second-order valence-corrected chi connectivity index (χ2v) is 7.20. The van der Waals surface area contributed by atoms with Gasteiger partial charge < -0.3 is 10.6 Å². The zero-order valence-corrected chi connectivity index (χ0v) is 12.2. The fraction of sp³-hybridized carbons (Fsp3) is 0.938. The lowest BCUT2D eigenvalue weighted by Crippen LogP contribution is -2.42. The summed E-state index contributed by atoms with van der Waals surface area (Å²) in [4.78, 5) is 12.1. The Morgan fingerprint density at radius 2 is 2.11 bits per heavy atom. The largest absolute Gasteiger partial charge is 0.356 e. The van der Waals surface area contributed by atoms with Crippen molar-refractivity contribution in [3.8, 4) is 0 Å². The predicted octanol–water partition coefficient (Wildman–Crippen LogP) is 2.32. The number of piperidine rings is 1. The van der Waals surface area contributed by atoms with Gasteiger partial charge in [-0.2, -0.15) is 0 Å². The molecule has 5 atom stereocenters. The number of rotatable bonds is 4. The first-order chi connectivity index (χ1) is 9.20. The number of amides is 1. The van der Waals surface area contributed by atoms with Crippen LogP contribution in [0.5, 0.6) is 0 Å². The summed E-state index contributed by atoms with van der Waals surface area (Å²) in [6.07, 6.45) is 8.82. The Kier molecular flexibility index (Phi) is 4.11. The Hall–Kier alpha value is -0.570. The molecule has 3 nitrogen and oxygen atoms in total. The minimum atomic E-state index is 0.302. The summed E-state index contributed by atoms with van der Waals surface area (Å²) in [6.45, 7) is 4.18. The Morgan fingerprint density at radius 1 is 1.21 bits per heavy atom. The molecule has 2 saturated carbocycles. The topological polar surface area (TPSA) is 41.1 Å². The Morgan fingerprint density at radius 3 is 2.74 bits per heavy atom. The van der Waals surface area contributed by atoms with E-state index >= 15 is 0 Å². The first kappa shape index (κ1) is 13.4. The van der Waals surface area contributed by atoms with Crippen LogP contribution < -0.4 is 10.6 Å². The fourth-order valence-electron chi connectivity index (χ4n) is 4.43. The molecule has 1 saturated heterocycles. The van der Waals surface area contributed by atoms with Crippen LogP contribution in [-0.2, 0) is 4.79 Å². The lowest BCUT2D eigenvalue weighted by molar-refractivity contribution is -0.122. The number of nitrogens with one attached hydrogen (secondary N) is 2. The Balaban J connectivity index is 1.35. The van der Waals surface area contributed by atoms with Crippen LogP contribution in [0.25, 0.3) is 0 Å². The van der Waals surface area contributed by atoms with Gasteiger partial charge in [0, 0.05) is 19.0 Å². The van der Waals surface area contributed by atoms with Gasteiger partial charge in [-0.25, -0.2) is 0 Å². The number of hydrogen-bond acceptors (Lipinski definition) is 2. The van der Waals surface area contributed by atoms with Gasteiger partial charge in [-0.15, -0.1) is 0 Å². The van der Waals surface area contributed by atoms with E-state index in [1.807, 2.05) is 0 Å². The second kappa shape index (κ2) is 5.82. The summed E-state index contributed by atoms with van der Waals surface area (Å²) in [5.74, 6) is 3.46. The van der Waals surface area contributed by atoms with Crippen LogP contribution >= 0.6 is 0 Å². The molecule has 3 aliphatic rings. The maximum Gasteiger partial charge on any atom is 0.220 e. The maximum absolute atomic E-state index is 12.1. The van der Waals surface area contributed by atoms with Crippen LogP contribution in [0.15, 0.2) is 0 Å². The summed E-state index contributed by atoms with van der Waals surface area (Å²) in [5.41, 5.74) is 0. The van der Waals surface area contributed by atoms with Crippen molar-refractivity contribution in [2.45, 2.75) is 57.9 Å². The molecule has 1 aliphatic heterocycles. The van der Waals surface area contributed by atoms with Gasteiger partial charge in [0.05, 0.1) is 0 Å². The molecule has 108 valence electrons. The SMILES string of the molecule is CC1CCC(CNC(=O)CC2CC3CCC2C3)CN1. The summed E-state index contributed by atoms with van der Waals surface area (Å²) in [7, 11) is 0. The Bertz CT molecular complexity index is 323. The summed E-state index contributed by atoms with van der Waals surface area (Å²) in [5, 5.41) is 6.67. The van der Waals surface area contributed by atoms with E-state index in [-0.39, 0.29) is 0 Å². The third-order valence-electron chi connectivity index (χ3n) is 5.68. The lowest BCUT2D eigenvalue weighted by Gasteiger charge is -2.28. The van der Waals surface area contributed by atoms with Crippen molar-refractivity contribution in [3.05, 3.63) is 0 Å². The van der Waals surface area contributed by atoms with Gasteiger partial charge in [-0.1, -0.05) is 6.42 Å². The van der Waals surface area contributed by atoms with Crippen molar-refractivity contribution < 1.29 is 4.79 Å². The molecule has 3 fully saturated rings. The molecule has 3 heteroatoms. The molecule has 2 N–H and O–H groups in total. The van der Waals surface area contributed by atoms with E-state index < -0.39 is 0 Å². The van der Waals surface area contributed by atoms with Gasteiger partial charge in [0.1, 0.15) is 0 Å². The van der Waals surface area contributed by atoms with Crippen molar-refractivity contribution in [1.82, 2.24) is 10.6 Å². The average Bonchev–Trinajstić information content (AvgIpc) is 3.00. The summed E-state index contributed by atoms with van der Waals surface area (Å²) in [6, 6.07) is 0.654. The summed E-state index contributed by atoms with van der Waals surface area (Å²) >= 11 is 0. The highest BCUT2D eigenvalue weighted by molar-refractivity contribution is 5.76. The van der Waals surface area contributed by atoms with Crippen LogP contribution in [0.4, 0.5) is 0 Å². The fourth-order valence-corrected chi connectivity index (χ4v) is 4.43. The van der Waals surface area contributed by atoms with Crippen molar-refractivity contribution in [2.24, 2.45) is 23.7 Å². The van der Waals surface area contributed by atoms with Gasteiger partial charge in [0.25, 0.3) is 0 Å². The molecule has 19 heavy (non-hydrogen) atoms. The lowest BCUT2D eigenvalue weighted by atomic mass is 9.86. The third-order valence-corrected chi connectivity index (χ3v) is 5.68. The minimum Gasteiger partial charge on any atom is -0.356 e. The maximum atomic E-state index is 12.1. The average molecular weight is 264 g/mol. The van der Waals surface area contributed by atoms with Gasteiger partial charge >= 0.3 is 0 Å². The standard InChI is InChI=1S/C16H28N2O/c1-11-2-3-13(9-17-11)10-18-16(19)8-15-7-12-4-5-14(15)6-12/h11-15,17H,2-10H2,1H3,(H,18,19). The molecule has 0 aromatic heterocycles. The number of carbonyl (C=O) groups excluding carboxylic acids is 1. The van der Waals surface area contributed by atoms with E-state index in [9.17, 15) is 4.79 Å². The quantitative estimate of drug-likeness (QED) is 0.818. The van der Waals surface area contributed by atoms with Crippen molar-refractivity contribution >= 4 is 5.91 Å². The molecule has 0 aromatic carbocycles. The van der Waals surface area contributed by atoms with Crippen LogP contribution in [0.3, 0.4) is 0 Å². The van der Waals surface area contributed by atoms with Gasteiger partial charge in [-0.3, -0.25) is 4.79 Å². The van der Waals surface area contributed by atoms with Crippen LogP contribution in [0, 0.1) is 23.7 Å². The predicted molar refractivity (Wildman–Crippen MR) is 76.8 cm³/mol. The van der Waals surface area contributed by atoms with Crippen molar-refractivity contribution in [3.63, 3.8) is 0 Å². The van der Waals surface area contributed by atoms with E-state index in [0.29, 0.717) is 23.8 Å². The molecular weight excluding hydrogens is 236 g/mol. The first-order valence-electron chi connectivity index (χ1n) is 8.20. The number of hydrogen-bond donors (Lipinski definition) is 2. The zero-order valence-electron chi connectivity index (χ0n) is 12.2. The highest BCUT2D eigenvalue weighted by Crippen LogP contribution is 2.49. The zero-order chi connectivity index (χ0) is 13.2. The van der Waals surface area contributed by atoms with E-state index in [4.69, 9.17) is 0 Å². The van der Waals surface area contributed by atoms with Gasteiger partial charge in [0.15, 0.2) is 0 Å². The molecule has 1 heterocycles. The molecule has 2 bridgehead atoms. The second-order valence-electron chi connectivity index (χ2n) is 7.20. The summed E-state index contributed by atoms with van der Waals surface area (Å²) < 4.78 is 0. The van der Waals surface area contributed by atoms with Crippen LogP contribution in [0.2, 0.25) is 0 Å². The van der Waals surface area contributed by atoms with E-state index in [1.165, 1.54) is 38.5 Å². The smallest absolute Gasteiger partial charge is 0.220 e. The molecule has 1 amide bonds. The molecule has 0 spiro atoms. The number of fused-ring (bicyclic) bond motifs is 2. The molecular formula is C16H28N2O. The minimum absolute atomic E-state index is 0.302. The molecule has 3 rings (SSSR count). The van der Waals surface area contributed by atoms with Gasteiger partial charge in [0.2, 0.25) is 5.91 Å². The molecule has 0 radical (unpaired) electrons. The van der Waals surface area contributed by atoms with E-state index in [0.717, 1.165) is 31.3 Å². The Labute approximate surface area is 116 Å². The van der Waals surface area contributed by atoms with Crippen molar-refractivity contribution in [1.29, 1.82) is 0 Å². The van der Waals surface area contributed by atoms with Crippen LogP contribution in [0.1, 0.15) is 51.9 Å². The first-order valence-corrected chi connectivity index (χ1v) is 8.20. The molecule has 2 aliphatic carbocycles. The molecule has 5 unspecified atom stereocenters. The highest BCUT2D eigenvalue weighted by Gasteiger charge is 2.40.